The molecule has 0 aliphatic heterocycles. The molecule has 2 amide bonds. The summed E-state index contributed by atoms with van der Waals surface area (Å²) in [6.07, 6.45) is 5.12. The number of rotatable bonds is 10. The second-order valence-corrected chi connectivity index (χ2v) is 13.6. The molecule has 3 aromatic carbocycles. The normalized spacial score (nSPS) is 14.7. The Morgan fingerprint density at radius 3 is 2.07 bits per heavy atom. The number of hydrogen-bond acceptors (Lipinski definition) is 4. The van der Waals surface area contributed by atoms with Crippen LogP contribution in [0.3, 0.4) is 0 Å². The average Bonchev–Trinajstić information content (AvgIpc) is 2.95. The largest absolute Gasteiger partial charge is 0.352 e. The molecule has 0 unspecified atom stereocenters. The molecule has 1 fully saturated rings. The Bertz CT molecular complexity index is 1480. The zero-order valence-corrected chi connectivity index (χ0v) is 26.3. The van der Waals surface area contributed by atoms with Crippen molar-refractivity contribution in [2.45, 2.75) is 83.3 Å². The molecule has 3 aromatic rings. The van der Waals surface area contributed by atoms with Crippen LogP contribution in [0, 0.1) is 20.8 Å². The van der Waals surface area contributed by atoms with Crippen LogP contribution in [0.15, 0.2) is 71.6 Å². The van der Waals surface area contributed by atoms with Gasteiger partial charge in [-0.15, -0.1) is 0 Å². The molecule has 0 saturated heterocycles. The van der Waals surface area contributed by atoms with Crippen LogP contribution in [0.5, 0.6) is 0 Å². The van der Waals surface area contributed by atoms with Crippen molar-refractivity contribution in [1.82, 2.24) is 10.2 Å². The molecule has 1 saturated carbocycles. The van der Waals surface area contributed by atoms with Crippen molar-refractivity contribution >= 4 is 39.1 Å². The van der Waals surface area contributed by atoms with E-state index in [1.54, 1.807) is 67.6 Å². The third kappa shape index (κ3) is 7.92. The molecule has 0 spiro atoms. The number of carbonyl (C=O) groups excluding carboxylic acids is 2. The maximum Gasteiger partial charge on any atom is 0.264 e. The molecule has 1 aliphatic carbocycles. The van der Waals surface area contributed by atoms with E-state index in [9.17, 15) is 18.0 Å². The van der Waals surface area contributed by atoms with Gasteiger partial charge in [0.15, 0.2) is 0 Å². The summed E-state index contributed by atoms with van der Waals surface area (Å²) in [5.74, 6) is -0.727. The minimum Gasteiger partial charge on any atom is -0.352 e. The fourth-order valence-corrected chi connectivity index (χ4v) is 6.92. The van der Waals surface area contributed by atoms with Gasteiger partial charge in [0.2, 0.25) is 11.8 Å². The number of anilines is 1. The van der Waals surface area contributed by atoms with Crippen LogP contribution in [0.2, 0.25) is 5.02 Å². The molecule has 7 nitrogen and oxygen atoms in total. The predicted octanol–water partition coefficient (Wildman–Crippen LogP) is 6.33. The van der Waals surface area contributed by atoms with Crippen LogP contribution in [0.4, 0.5) is 5.69 Å². The molecule has 224 valence electrons. The average molecular weight is 610 g/mol. The molecule has 1 N–H and O–H groups in total. The standard InChI is InChI=1S/C33H40ClN3O4S/c1-23-10-16-31(17-11-23)42(40,41)37(30-19-24(2)18-25(3)20-30)22-32(38)36(21-27-12-14-28(34)15-13-27)26(4)33(39)35-29-8-6-5-7-9-29/h10-20,26,29H,5-9,21-22H2,1-4H3,(H,35,39)/t26-/m1/s1. The van der Waals surface area contributed by atoms with Gasteiger partial charge in [-0.05, 0) is 93.6 Å². The van der Waals surface area contributed by atoms with E-state index in [1.807, 2.05) is 26.8 Å². The molecule has 9 heteroatoms. The lowest BCUT2D eigenvalue weighted by Crippen LogP contribution is -2.53. The van der Waals surface area contributed by atoms with Gasteiger partial charge in [-0.3, -0.25) is 13.9 Å². The Morgan fingerprint density at radius 2 is 1.48 bits per heavy atom. The van der Waals surface area contributed by atoms with E-state index in [-0.39, 0.29) is 23.4 Å². The minimum absolute atomic E-state index is 0.0786. The van der Waals surface area contributed by atoms with Gasteiger partial charge in [-0.2, -0.15) is 0 Å². The first kappa shape index (κ1) is 31.6. The van der Waals surface area contributed by atoms with Crippen LogP contribution in [-0.2, 0) is 26.2 Å². The third-order valence-electron chi connectivity index (χ3n) is 7.77. The minimum atomic E-state index is -4.11. The SMILES string of the molecule is Cc1ccc(S(=O)(=O)N(CC(=O)N(Cc2ccc(Cl)cc2)[C@H](C)C(=O)NC2CCCCC2)c2cc(C)cc(C)c2)cc1. The maximum absolute atomic E-state index is 14.2. The number of hydrogen-bond donors (Lipinski definition) is 1. The second-order valence-electron chi connectivity index (χ2n) is 11.3. The van der Waals surface area contributed by atoms with Gasteiger partial charge in [0.25, 0.3) is 10.0 Å². The van der Waals surface area contributed by atoms with Gasteiger partial charge in [0.1, 0.15) is 12.6 Å². The quantitative estimate of drug-likeness (QED) is 0.291. The van der Waals surface area contributed by atoms with Crippen LogP contribution in [-0.4, -0.2) is 43.8 Å². The number of aryl methyl sites for hydroxylation is 3. The predicted molar refractivity (Wildman–Crippen MR) is 168 cm³/mol. The van der Waals surface area contributed by atoms with Crippen molar-refractivity contribution in [3.63, 3.8) is 0 Å². The van der Waals surface area contributed by atoms with E-state index in [0.29, 0.717) is 10.7 Å². The van der Waals surface area contributed by atoms with Crippen LogP contribution < -0.4 is 9.62 Å². The van der Waals surface area contributed by atoms with E-state index < -0.39 is 28.5 Å². The van der Waals surface area contributed by atoms with Gasteiger partial charge in [0.05, 0.1) is 10.6 Å². The Balaban J connectivity index is 1.69. The summed E-state index contributed by atoms with van der Waals surface area (Å²) in [6.45, 7) is 7.02. The summed E-state index contributed by atoms with van der Waals surface area (Å²) in [4.78, 5) is 29.1. The van der Waals surface area contributed by atoms with Crippen LogP contribution >= 0.6 is 11.6 Å². The number of amides is 2. The molecular weight excluding hydrogens is 570 g/mol. The van der Waals surface area contributed by atoms with Gasteiger partial charge < -0.3 is 10.2 Å². The summed E-state index contributed by atoms with van der Waals surface area (Å²) in [6, 6.07) is 18.4. The Kier molecular flexibility index (Phi) is 10.3. The topological polar surface area (TPSA) is 86.8 Å². The summed E-state index contributed by atoms with van der Waals surface area (Å²) in [7, 11) is -4.11. The lowest BCUT2D eigenvalue weighted by Gasteiger charge is -2.33. The molecule has 0 radical (unpaired) electrons. The fraction of sp³-hybridized carbons (Fsp3) is 0.394. The van der Waals surface area contributed by atoms with E-state index in [1.165, 1.54) is 4.90 Å². The zero-order valence-electron chi connectivity index (χ0n) is 24.8. The monoisotopic (exact) mass is 609 g/mol. The molecule has 1 aliphatic rings. The number of nitrogens with zero attached hydrogens (tertiary/aromatic N) is 2. The van der Waals surface area contributed by atoms with Gasteiger partial charge in [-0.25, -0.2) is 8.42 Å². The Morgan fingerprint density at radius 1 is 0.881 bits per heavy atom. The number of halogens is 1. The molecule has 0 heterocycles. The third-order valence-corrected chi connectivity index (χ3v) is 9.81. The molecular formula is C33H40ClN3O4S. The maximum atomic E-state index is 14.2. The van der Waals surface area contributed by atoms with Crippen molar-refractivity contribution in [1.29, 1.82) is 0 Å². The number of benzene rings is 3. The smallest absolute Gasteiger partial charge is 0.264 e. The summed E-state index contributed by atoms with van der Waals surface area (Å²) < 4.78 is 29.2. The lowest BCUT2D eigenvalue weighted by atomic mass is 9.95. The molecule has 4 rings (SSSR count). The summed E-state index contributed by atoms with van der Waals surface area (Å²) in [5, 5.41) is 3.68. The zero-order chi connectivity index (χ0) is 30.4. The molecule has 0 bridgehead atoms. The Labute approximate surface area is 254 Å². The first-order valence-electron chi connectivity index (χ1n) is 14.5. The highest BCUT2D eigenvalue weighted by Gasteiger charge is 2.33. The number of carbonyl (C=O) groups is 2. The number of nitrogens with one attached hydrogen (secondary N) is 1. The Hall–Kier alpha value is -3.36. The fourth-order valence-electron chi connectivity index (χ4n) is 5.40. The van der Waals surface area contributed by atoms with Crippen molar-refractivity contribution in [3.8, 4) is 0 Å². The summed E-state index contributed by atoms with van der Waals surface area (Å²) >= 11 is 6.09. The highest BCUT2D eigenvalue weighted by Crippen LogP contribution is 2.27. The number of sulfonamides is 1. The molecule has 42 heavy (non-hydrogen) atoms. The van der Waals surface area contributed by atoms with E-state index in [0.717, 1.165) is 58.7 Å². The van der Waals surface area contributed by atoms with Gasteiger partial charge in [0, 0.05) is 17.6 Å². The van der Waals surface area contributed by atoms with Crippen molar-refractivity contribution < 1.29 is 18.0 Å². The van der Waals surface area contributed by atoms with Gasteiger partial charge >= 0.3 is 0 Å². The molecule has 0 aromatic heterocycles. The van der Waals surface area contributed by atoms with E-state index >= 15 is 0 Å². The highest BCUT2D eigenvalue weighted by molar-refractivity contribution is 7.92. The van der Waals surface area contributed by atoms with Crippen molar-refractivity contribution in [2.75, 3.05) is 10.8 Å². The van der Waals surface area contributed by atoms with E-state index in [2.05, 4.69) is 5.32 Å². The first-order valence-corrected chi connectivity index (χ1v) is 16.3. The van der Waals surface area contributed by atoms with Crippen molar-refractivity contribution in [3.05, 3.63) is 94.0 Å². The second kappa shape index (κ2) is 13.7. The van der Waals surface area contributed by atoms with Crippen LogP contribution in [0.1, 0.15) is 61.3 Å². The lowest BCUT2D eigenvalue weighted by molar-refractivity contribution is -0.139. The first-order chi connectivity index (χ1) is 19.9. The summed E-state index contributed by atoms with van der Waals surface area (Å²) in [5.41, 5.74) is 3.85. The van der Waals surface area contributed by atoms with Crippen molar-refractivity contribution in [2.24, 2.45) is 0 Å². The van der Waals surface area contributed by atoms with Gasteiger partial charge in [-0.1, -0.05) is 66.8 Å². The molecule has 1 atom stereocenters. The van der Waals surface area contributed by atoms with E-state index in [4.69, 9.17) is 11.6 Å². The van der Waals surface area contributed by atoms with Crippen LogP contribution in [0.25, 0.3) is 0 Å². The highest BCUT2D eigenvalue weighted by atomic mass is 35.5.